The van der Waals surface area contributed by atoms with Crippen molar-refractivity contribution < 1.29 is 4.79 Å². The van der Waals surface area contributed by atoms with E-state index < -0.39 is 17.0 Å². The molecule has 1 heterocycles. The number of carbonyl (C=O) groups is 1. The van der Waals surface area contributed by atoms with Crippen LogP contribution < -0.4 is 16.4 Å². The second-order valence-electron chi connectivity index (χ2n) is 1.93. The van der Waals surface area contributed by atoms with Crippen LogP contribution in [0.2, 0.25) is 0 Å². The van der Waals surface area contributed by atoms with Crippen LogP contribution >= 0.6 is 0 Å². The van der Waals surface area contributed by atoms with Crippen molar-refractivity contribution in [1.29, 1.82) is 0 Å². The molecule has 0 saturated heterocycles. The monoisotopic (exact) mass is 200 g/mol. The Labute approximate surface area is 79.6 Å². The van der Waals surface area contributed by atoms with Gasteiger partial charge >= 0.3 is 11.1 Å². The van der Waals surface area contributed by atoms with Crippen LogP contribution in [0.5, 0.6) is 0 Å². The maximum absolute atomic E-state index is 10.8. The zero-order chi connectivity index (χ0) is 11.1. The fraction of sp³-hybridized carbons (Fsp3) is 0.429. The molecule has 3 N–H and O–H groups in total. The van der Waals surface area contributed by atoms with Gasteiger partial charge in [-0.3, -0.25) is 19.4 Å². The standard InChI is InChI=1S/C5H6N4O3.C2H6/c1-6-3(10)2-7-4(11)5(12)9-8-2;1-2/h1H3,(H,6,10)(H,9,12)(H,7,8,11);1-2H3. The Hall–Kier alpha value is -1.92. The van der Waals surface area contributed by atoms with Crippen molar-refractivity contribution in [2.24, 2.45) is 0 Å². The van der Waals surface area contributed by atoms with E-state index in [1.807, 2.05) is 23.9 Å². The molecule has 0 saturated carbocycles. The van der Waals surface area contributed by atoms with E-state index in [1.54, 1.807) is 0 Å². The quantitative estimate of drug-likeness (QED) is 0.497. The van der Waals surface area contributed by atoms with Crippen molar-refractivity contribution in [3.8, 4) is 0 Å². The lowest BCUT2D eigenvalue weighted by molar-refractivity contribution is 0.0951. The molecule has 7 nitrogen and oxygen atoms in total. The number of amides is 1. The predicted octanol–water partition coefficient (Wildman–Crippen LogP) is -1.16. The van der Waals surface area contributed by atoms with E-state index in [1.165, 1.54) is 7.05 Å². The van der Waals surface area contributed by atoms with E-state index in [2.05, 4.69) is 10.4 Å². The van der Waals surface area contributed by atoms with Crippen LogP contribution in [0.3, 0.4) is 0 Å². The predicted molar refractivity (Wildman–Crippen MR) is 50.2 cm³/mol. The smallest absolute Gasteiger partial charge is 0.329 e. The van der Waals surface area contributed by atoms with Gasteiger partial charge in [-0.15, -0.1) is 5.10 Å². The summed E-state index contributed by atoms with van der Waals surface area (Å²) in [5.41, 5.74) is -1.79. The maximum atomic E-state index is 10.8. The average Bonchev–Trinajstić information content (AvgIpc) is 2.24. The van der Waals surface area contributed by atoms with Crippen LogP contribution in [0.15, 0.2) is 9.59 Å². The fourth-order valence-corrected chi connectivity index (χ4v) is 0.576. The van der Waals surface area contributed by atoms with Crippen molar-refractivity contribution in [3.05, 3.63) is 26.5 Å². The lowest BCUT2D eigenvalue weighted by atomic mass is 10.5. The minimum absolute atomic E-state index is 0.220. The largest absolute Gasteiger partial charge is 0.352 e. The van der Waals surface area contributed by atoms with Gasteiger partial charge in [-0.1, -0.05) is 13.8 Å². The average molecular weight is 200 g/mol. The highest BCUT2D eigenvalue weighted by Crippen LogP contribution is 1.76. The summed E-state index contributed by atoms with van der Waals surface area (Å²) in [6.45, 7) is 4.00. The van der Waals surface area contributed by atoms with Crippen LogP contribution in [-0.2, 0) is 0 Å². The Morgan fingerprint density at radius 2 is 1.86 bits per heavy atom. The molecular formula is C7H12N4O3. The van der Waals surface area contributed by atoms with Gasteiger partial charge in [0.2, 0.25) is 5.82 Å². The van der Waals surface area contributed by atoms with Gasteiger partial charge in [-0.25, -0.2) is 5.10 Å². The highest BCUT2D eigenvalue weighted by molar-refractivity contribution is 5.89. The summed E-state index contributed by atoms with van der Waals surface area (Å²) in [5.74, 6) is -0.787. The molecule has 7 heteroatoms. The number of aromatic nitrogens is 3. The molecule has 0 aliphatic rings. The molecule has 0 aliphatic heterocycles. The SMILES string of the molecule is CC.CNC(=O)c1n[nH]c(=O)c(=O)[nH]1. The first-order valence-corrected chi connectivity index (χ1v) is 4.06. The van der Waals surface area contributed by atoms with Crippen molar-refractivity contribution in [2.45, 2.75) is 13.8 Å². The molecule has 0 radical (unpaired) electrons. The van der Waals surface area contributed by atoms with E-state index in [0.29, 0.717) is 0 Å². The highest BCUT2D eigenvalue weighted by Gasteiger charge is 2.06. The van der Waals surface area contributed by atoms with Crippen LogP contribution in [0.4, 0.5) is 0 Å². The third-order valence-electron chi connectivity index (χ3n) is 1.15. The number of aromatic amines is 2. The Morgan fingerprint density at radius 3 is 2.29 bits per heavy atom. The first-order chi connectivity index (χ1) is 6.65. The first-order valence-electron chi connectivity index (χ1n) is 4.06. The van der Waals surface area contributed by atoms with Gasteiger partial charge in [0.05, 0.1) is 0 Å². The van der Waals surface area contributed by atoms with Gasteiger partial charge in [0.15, 0.2) is 0 Å². The molecule has 1 aromatic heterocycles. The highest BCUT2D eigenvalue weighted by atomic mass is 16.2. The summed E-state index contributed by atoms with van der Waals surface area (Å²) < 4.78 is 0. The molecule has 0 bridgehead atoms. The summed E-state index contributed by atoms with van der Waals surface area (Å²) in [6.07, 6.45) is 0. The summed E-state index contributed by atoms with van der Waals surface area (Å²) in [5, 5.41) is 7.41. The van der Waals surface area contributed by atoms with Crippen LogP contribution in [0.25, 0.3) is 0 Å². The minimum Gasteiger partial charge on any atom is -0.352 e. The molecule has 0 spiro atoms. The minimum atomic E-state index is -0.899. The van der Waals surface area contributed by atoms with E-state index >= 15 is 0 Å². The maximum Gasteiger partial charge on any atom is 0.329 e. The molecule has 1 amide bonds. The van der Waals surface area contributed by atoms with Crippen molar-refractivity contribution in [2.75, 3.05) is 7.05 Å². The van der Waals surface area contributed by atoms with Gasteiger partial charge in [-0.05, 0) is 0 Å². The molecule has 14 heavy (non-hydrogen) atoms. The fourth-order valence-electron chi connectivity index (χ4n) is 0.576. The zero-order valence-electron chi connectivity index (χ0n) is 8.17. The Morgan fingerprint density at radius 1 is 1.29 bits per heavy atom. The molecule has 1 aromatic rings. The Kier molecular flexibility index (Phi) is 4.90. The molecule has 78 valence electrons. The van der Waals surface area contributed by atoms with Gasteiger partial charge in [-0.2, -0.15) is 0 Å². The number of nitrogens with zero attached hydrogens (tertiary/aromatic N) is 1. The van der Waals surface area contributed by atoms with E-state index in [0.717, 1.165) is 0 Å². The van der Waals surface area contributed by atoms with Crippen molar-refractivity contribution in [3.63, 3.8) is 0 Å². The normalized spacial score (nSPS) is 8.50. The summed E-state index contributed by atoms with van der Waals surface area (Å²) >= 11 is 0. The lowest BCUT2D eigenvalue weighted by Gasteiger charge is -1.94. The van der Waals surface area contributed by atoms with Crippen molar-refractivity contribution >= 4 is 5.91 Å². The zero-order valence-corrected chi connectivity index (χ0v) is 8.17. The third-order valence-corrected chi connectivity index (χ3v) is 1.15. The van der Waals surface area contributed by atoms with Gasteiger partial charge in [0.1, 0.15) is 0 Å². The number of hydrogen-bond donors (Lipinski definition) is 3. The third kappa shape index (κ3) is 2.85. The Balaban J connectivity index is 0.000000791. The molecule has 0 aromatic carbocycles. The summed E-state index contributed by atoms with van der Waals surface area (Å²) in [6, 6.07) is 0. The topological polar surface area (TPSA) is 108 Å². The van der Waals surface area contributed by atoms with E-state index in [-0.39, 0.29) is 5.82 Å². The number of hydrogen-bond acceptors (Lipinski definition) is 4. The second-order valence-corrected chi connectivity index (χ2v) is 1.93. The lowest BCUT2D eigenvalue weighted by Crippen LogP contribution is -2.35. The van der Waals surface area contributed by atoms with Crippen LogP contribution in [0.1, 0.15) is 24.5 Å². The molecule has 1 rings (SSSR count). The van der Waals surface area contributed by atoms with Crippen LogP contribution in [0, 0.1) is 0 Å². The summed E-state index contributed by atoms with van der Waals surface area (Å²) in [4.78, 5) is 33.9. The summed E-state index contributed by atoms with van der Waals surface area (Å²) in [7, 11) is 1.38. The molecule has 0 aliphatic carbocycles. The molecule has 0 unspecified atom stereocenters. The number of nitrogens with one attached hydrogen (secondary N) is 3. The molecule has 0 fully saturated rings. The van der Waals surface area contributed by atoms with Gasteiger partial charge in [0, 0.05) is 7.05 Å². The number of rotatable bonds is 1. The molecular weight excluding hydrogens is 188 g/mol. The van der Waals surface area contributed by atoms with E-state index in [9.17, 15) is 14.4 Å². The van der Waals surface area contributed by atoms with Crippen molar-refractivity contribution in [1.82, 2.24) is 20.5 Å². The second kappa shape index (κ2) is 5.68. The number of H-pyrrole nitrogens is 2. The Bertz CT molecular complexity index is 406. The van der Waals surface area contributed by atoms with Gasteiger partial charge < -0.3 is 5.32 Å². The van der Waals surface area contributed by atoms with Gasteiger partial charge in [0.25, 0.3) is 5.91 Å². The number of carbonyl (C=O) groups excluding carboxylic acids is 1. The first kappa shape index (κ1) is 12.1. The van der Waals surface area contributed by atoms with E-state index in [4.69, 9.17) is 0 Å². The van der Waals surface area contributed by atoms with Crippen LogP contribution in [-0.4, -0.2) is 28.1 Å². The molecule has 0 atom stereocenters.